The van der Waals surface area contributed by atoms with Crippen LogP contribution in [0.4, 0.5) is 11.6 Å². The lowest BCUT2D eigenvalue weighted by atomic mass is 10.1. The molecule has 572 valence electrons. The monoisotopic (exact) mass is 1460 g/mol. The number of aliphatic hydroxyl groups is 8. The number of nitrogens with two attached hydrogens (primary N) is 5. The molecule has 104 heavy (non-hydrogen) atoms. The van der Waals surface area contributed by atoms with Gasteiger partial charge in [-0.15, -0.1) is 0 Å². The van der Waals surface area contributed by atoms with Gasteiger partial charge in [0.25, 0.3) is 11.5 Å². The van der Waals surface area contributed by atoms with E-state index in [9.17, 15) is 74.4 Å². The molecule has 0 aromatic carbocycles. The number of hydrogen-bond donors (Lipinski definition) is 20. The van der Waals surface area contributed by atoms with Gasteiger partial charge in [-0.1, -0.05) is 66.5 Å². The van der Waals surface area contributed by atoms with Crippen molar-refractivity contribution in [2.75, 3.05) is 31.7 Å². The summed E-state index contributed by atoms with van der Waals surface area (Å²) in [4.78, 5) is 114. The molecule has 41 nitrogen and oxygen atoms in total. The minimum absolute atomic E-state index is 0.110. The van der Waals surface area contributed by atoms with E-state index in [-0.39, 0.29) is 53.1 Å². The van der Waals surface area contributed by atoms with Gasteiger partial charge in [0.15, 0.2) is 59.1 Å². The number of aliphatic hydroxyl groups excluding tert-OH is 8. The van der Waals surface area contributed by atoms with Gasteiger partial charge in [0.1, 0.15) is 102 Å². The van der Waals surface area contributed by atoms with Crippen molar-refractivity contribution in [2.24, 2.45) is 38.7 Å². The lowest BCUT2D eigenvalue weighted by Gasteiger charge is -2.33. The van der Waals surface area contributed by atoms with E-state index in [4.69, 9.17) is 47.6 Å². The van der Waals surface area contributed by atoms with Crippen LogP contribution in [0.25, 0.3) is 11.2 Å². The summed E-state index contributed by atoms with van der Waals surface area (Å²) < 4.78 is 27.2. The molecular weight excluding hydrogens is 1370 g/mol. The third-order valence-electron chi connectivity index (χ3n) is 17.9. The fraction of sp³-hybridized carbons (Fsp3) is 0.603. The van der Waals surface area contributed by atoms with Crippen molar-refractivity contribution in [3.8, 4) is 0 Å². The highest BCUT2D eigenvalue weighted by Crippen LogP contribution is 2.38. The summed E-state index contributed by atoms with van der Waals surface area (Å²) in [6.45, 7) is 15.1. The van der Waals surface area contributed by atoms with Crippen LogP contribution in [0, 0.1) is 6.92 Å². The number of Topliss-reactive ketones (excluding diaryl/α,β-unsaturated/α-hetero) is 1. The van der Waals surface area contributed by atoms with Gasteiger partial charge in [0.05, 0.1) is 69.6 Å². The average molecular weight is 1470 g/mol. The molecular formula is C63H96N22O19. The Morgan fingerprint density at radius 3 is 1.44 bits per heavy atom. The first-order chi connectivity index (χ1) is 49.6. The number of aromatic amines is 1. The zero-order valence-corrected chi connectivity index (χ0v) is 58.0. The number of H-pyrrole nitrogens is 1. The molecule has 0 radical (unpaired) electrons. The molecule has 20 atom stereocenters. The van der Waals surface area contributed by atoms with Crippen molar-refractivity contribution in [3.63, 3.8) is 0 Å². The normalized spacial score (nSPS) is 28.6. The van der Waals surface area contributed by atoms with Crippen LogP contribution in [0.3, 0.4) is 0 Å². The number of fused-ring (bicyclic) bond motifs is 3. The Kier molecular flexibility index (Phi) is 28.1. The van der Waals surface area contributed by atoms with E-state index in [0.717, 1.165) is 25.7 Å². The number of carbonyl (C=O) groups excluding carboxylic acids is 6. The predicted octanol–water partition coefficient (Wildman–Crippen LogP) is -5.97. The van der Waals surface area contributed by atoms with Gasteiger partial charge < -0.3 is 130 Å². The summed E-state index contributed by atoms with van der Waals surface area (Å²) in [7, 11) is 0. The number of aromatic nitrogens is 8. The van der Waals surface area contributed by atoms with Crippen molar-refractivity contribution in [1.82, 2.24) is 70.1 Å². The molecule has 25 N–H and O–H groups in total. The van der Waals surface area contributed by atoms with E-state index in [0.29, 0.717) is 54.8 Å². The van der Waals surface area contributed by atoms with E-state index in [1.165, 1.54) is 38.9 Å². The first-order valence-electron chi connectivity index (χ1n) is 34.0. The molecule has 11 rings (SSSR count). The molecule has 4 saturated heterocycles. The van der Waals surface area contributed by atoms with Crippen molar-refractivity contribution in [1.29, 1.82) is 0 Å². The lowest BCUT2D eigenvalue weighted by molar-refractivity contribution is -0.125. The topological polar surface area (TPSA) is 631 Å². The molecule has 0 bridgehead atoms. The summed E-state index contributed by atoms with van der Waals surface area (Å²) >= 11 is 0. The Hall–Kier alpha value is -8.89. The van der Waals surface area contributed by atoms with Crippen molar-refractivity contribution >= 4 is 70.2 Å². The number of aliphatic imine (C=N–C) groups is 2. The van der Waals surface area contributed by atoms with Gasteiger partial charge in [0.2, 0.25) is 23.6 Å². The molecule has 4 aromatic heterocycles. The number of nitrogens with one attached hydrogen (secondary N) is 7. The highest BCUT2D eigenvalue weighted by Gasteiger charge is 2.51. The van der Waals surface area contributed by atoms with Crippen LogP contribution in [0.2, 0.25) is 0 Å². The number of anilines is 1. The number of nitrogens with zero attached hydrogens (tertiary/aromatic N) is 10. The number of ketones is 1. The second kappa shape index (κ2) is 36.2. The van der Waals surface area contributed by atoms with E-state index in [1.807, 2.05) is 27.7 Å². The summed E-state index contributed by atoms with van der Waals surface area (Å²) in [5.41, 5.74) is 29.3. The second-order valence-corrected chi connectivity index (χ2v) is 25.5. The van der Waals surface area contributed by atoms with Crippen LogP contribution in [-0.4, -0.2) is 262 Å². The SMILES string of the molecule is C=C1N=C(N)C=CN1[C@@H]1O[C@H](CO)C(O)[C@@H]1NC(=O)C(N)CCC.C=C1NC(=O)c2ncn([C@@H]3O[C@H](CO)C(O)[C@@H]3NC(=O)C(N)CCC)c2N1.CCCC(N)C(=O)N[C@H]1C(O)[C@@H](CO)O[C@H]1n1cnc2c(=O)[nH]c(C)nc21.CCCC(N)C(=O)N[C@H]1C(O)[C@@H](CO)O[C@H]1n1cnc2c1N=CCC2=O. The number of imidazole rings is 3. The Labute approximate surface area is 595 Å². The van der Waals surface area contributed by atoms with Crippen LogP contribution in [0.1, 0.15) is 131 Å². The standard InChI is InChI=1S/2C16H24N6O5.C16H23N5O5.C15H25N5O4/c2*1-3-4-8(17)14(25)21-10-12(24)9(5-23)27-16(10)22-6-18-11-13(22)19-7(2)20-15(11)26;1-2-3-8(17)15(25)20-12-13(24)10(6-22)26-16(12)21-7-19-11-9(23)4-5-18-14(11)21;1-3-4-9(16)14(23)19-12-13(22)10(7-21)24-15(12)20-6-5-11(17)18-8(20)2/h6,8-10,12,16,23-24H,3-5,17H2,1-2H3,(H,21,25)(H,19,20,26);6,8-10,12,16,19,23-24H,2-5,17H2,1H3,(H,20,26)(H,21,25);5,7-8,10,12-13,16,22,24H,2-4,6,17H2,1H3,(H,20,25);5-6,9-10,12-13,15,21-22H,2-4,7,16H2,1H3,(H2,17,18)(H,19,23)/t2*8?,9-,10+,12?,16-;8?,10-,12+,13?,16-;9?,10-,12+,13?,15-/m1111/s1. The van der Waals surface area contributed by atoms with E-state index in [1.54, 1.807) is 24.1 Å². The maximum absolute atomic E-state index is 12.4. The maximum Gasteiger partial charge on any atom is 0.279 e. The molecule has 4 fully saturated rings. The summed E-state index contributed by atoms with van der Waals surface area (Å²) in [5, 5.41) is 95.8. The predicted molar refractivity (Wildman–Crippen MR) is 368 cm³/mol. The summed E-state index contributed by atoms with van der Waals surface area (Å²) in [5.74, 6) is -0.412. The number of amidine groups is 1. The Balaban J connectivity index is 0.000000176. The van der Waals surface area contributed by atoms with Crippen LogP contribution >= 0.6 is 0 Å². The second-order valence-electron chi connectivity index (χ2n) is 25.5. The van der Waals surface area contributed by atoms with E-state index < -0.39 is 171 Å². The third-order valence-corrected chi connectivity index (χ3v) is 17.9. The molecule has 11 heterocycles. The highest BCUT2D eigenvalue weighted by molar-refractivity contribution is 6.08. The van der Waals surface area contributed by atoms with Gasteiger partial charge >= 0.3 is 0 Å². The number of carbonyl (C=O) groups is 6. The van der Waals surface area contributed by atoms with Crippen LogP contribution in [-0.2, 0) is 38.1 Å². The van der Waals surface area contributed by atoms with Crippen molar-refractivity contribution in [2.45, 2.75) is 214 Å². The zero-order valence-electron chi connectivity index (χ0n) is 58.0. The molecule has 0 aliphatic carbocycles. The number of ether oxygens (including phenoxy) is 4. The molecule has 41 heteroatoms. The third kappa shape index (κ3) is 18.1. The Morgan fingerprint density at radius 2 is 1.00 bits per heavy atom. The molecule has 4 aromatic rings. The smallest absolute Gasteiger partial charge is 0.279 e. The van der Waals surface area contributed by atoms with Gasteiger partial charge in [0, 0.05) is 18.8 Å². The Morgan fingerprint density at radius 1 is 0.596 bits per heavy atom. The molecule has 7 aliphatic rings. The van der Waals surface area contributed by atoms with E-state index >= 15 is 0 Å². The minimum atomic E-state index is -1.17. The molecule has 8 unspecified atom stereocenters. The molecule has 0 spiro atoms. The molecule has 0 saturated carbocycles. The largest absolute Gasteiger partial charge is 0.394 e. The van der Waals surface area contributed by atoms with E-state index in [2.05, 4.69) is 80.0 Å². The van der Waals surface area contributed by atoms with Gasteiger partial charge in [-0.3, -0.25) is 47.3 Å². The fourth-order valence-electron chi connectivity index (χ4n) is 12.3. The molecule has 7 aliphatic heterocycles. The van der Waals surface area contributed by atoms with Crippen LogP contribution < -0.4 is 66.1 Å². The number of aryl methyl sites for hydroxylation is 1. The molecule has 5 amide bonds. The number of hydrogen-bond acceptors (Lipinski definition) is 32. The first-order valence-corrected chi connectivity index (χ1v) is 34.0. The maximum atomic E-state index is 12.4. The minimum Gasteiger partial charge on any atom is -0.394 e. The quantitative estimate of drug-likeness (QED) is 0.0311. The Bertz CT molecular complexity index is 3860. The summed E-state index contributed by atoms with van der Waals surface area (Å²) in [6, 6.07) is -6.29. The number of amides is 5. The van der Waals surface area contributed by atoms with Crippen LogP contribution in [0.5, 0.6) is 0 Å². The lowest BCUT2D eigenvalue weighted by Crippen LogP contribution is -2.55. The summed E-state index contributed by atoms with van der Waals surface area (Å²) in [6.07, 6.45) is 2.28. The van der Waals surface area contributed by atoms with Crippen LogP contribution in [0.15, 0.2) is 70.8 Å². The first kappa shape index (κ1) is 80.8. The average Bonchev–Trinajstić information content (AvgIpc) is 1.63. The van der Waals surface area contributed by atoms with Gasteiger partial charge in [-0.05, 0) is 38.7 Å². The zero-order chi connectivity index (χ0) is 76.1. The highest BCUT2D eigenvalue weighted by atomic mass is 16.6. The van der Waals surface area contributed by atoms with Gasteiger partial charge in [-0.25, -0.2) is 29.9 Å². The van der Waals surface area contributed by atoms with Gasteiger partial charge in [-0.2, -0.15) is 0 Å². The van der Waals surface area contributed by atoms with Crippen molar-refractivity contribution in [3.05, 3.63) is 83.6 Å². The number of rotatable bonds is 24. The fourth-order valence-corrected chi connectivity index (χ4v) is 12.3. The van der Waals surface area contributed by atoms with Crippen molar-refractivity contribution < 1.29 is 88.6 Å².